The van der Waals surface area contributed by atoms with Crippen LogP contribution in [0, 0.1) is 5.41 Å². The van der Waals surface area contributed by atoms with Crippen LogP contribution in [0.25, 0.3) is 0 Å². The number of ether oxygens (including phenoxy) is 1. The molecule has 3 N–H and O–H groups in total. The van der Waals surface area contributed by atoms with E-state index < -0.39 is 0 Å². The Balaban J connectivity index is 2.00. The maximum absolute atomic E-state index is 7.89. The molecule has 1 aliphatic rings. The fourth-order valence-electron chi connectivity index (χ4n) is 2.46. The van der Waals surface area contributed by atoms with Gasteiger partial charge in [-0.25, -0.2) is 4.99 Å². The van der Waals surface area contributed by atoms with Gasteiger partial charge in [0.2, 0.25) is 0 Å². The summed E-state index contributed by atoms with van der Waals surface area (Å²) in [5, 5.41) is 7.89. The number of aliphatic imine (C=N–C) groups is 1. The van der Waals surface area contributed by atoms with Crippen LogP contribution < -0.4 is 10.5 Å². The highest BCUT2D eigenvalue weighted by molar-refractivity contribution is 6.22. The molecule has 20 heavy (non-hydrogen) atoms. The van der Waals surface area contributed by atoms with Gasteiger partial charge in [-0.1, -0.05) is 38.3 Å². The minimum atomic E-state index is 0.146. The van der Waals surface area contributed by atoms with Crippen LogP contribution in [-0.4, -0.2) is 17.8 Å². The lowest BCUT2D eigenvalue weighted by molar-refractivity contribution is 0.206. The Morgan fingerprint density at radius 3 is 2.85 bits per heavy atom. The van der Waals surface area contributed by atoms with Gasteiger partial charge in [-0.05, 0) is 25.8 Å². The standard InChI is InChI=1S/C16H23N3O/c1-3-4-5-6-8-11(2)20-13-10-7-9-12-14(13)16(18)19-15(12)17/h7,9-11H,3-6,8H2,1-2H3,(H3,17,18,19). The van der Waals surface area contributed by atoms with Gasteiger partial charge in [0, 0.05) is 5.56 Å². The molecule has 1 aromatic rings. The molecule has 0 spiro atoms. The van der Waals surface area contributed by atoms with E-state index in [0.717, 1.165) is 23.3 Å². The number of rotatable bonds is 7. The van der Waals surface area contributed by atoms with Gasteiger partial charge in [0.1, 0.15) is 11.6 Å². The Labute approximate surface area is 120 Å². The topological polar surface area (TPSA) is 71.5 Å². The third kappa shape index (κ3) is 3.18. The van der Waals surface area contributed by atoms with E-state index in [1.807, 2.05) is 18.2 Å². The van der Waals surface area contributed by atoms with Crippen molar-refractivity contribution in [3.05, 3.63) is 29.3 Å². The molecule has 0 radical (unpaired) electrons. The SMILES string of the molecule is CCCCCCC(C)Oc1cccc2c1C(=N)N=C2N. The largest absolute Gasteiger partial charge is 0.490 e. The average Bonchev–Trinajstić information content (AvgIpc) is 2.71. The molecular formula is C16H23N3O. The number of benzene rings is 1. The van der Waals surface area contributed by atoms with Crippen molar-refractivity contribution in [3.63, 3.8) is 0 Å². The Kier molecular flexibility index (Phi) is 4.77. The number of hydrogen-bond acceptors (Lipinski definition) is 3. The van der Waals surface area contributed by atoms with Gasteiger partial charge >= 0.3 is 0 Å². The van der Waals surface area contributed by atoms with Crippen molar-refractivity contribution >= 4 is 11.7 Å². The first-order valence-corrected chi connectivity index (χ1v) is 7.36. The molecule has 0 fully saturated rings. The molecule has 2 rings (SSSR count). The van der Waals surface area contributed by atoms with Gasteiger partial charge in [0.25, 0.3) is 0 Å². The van der Waals surface area contributed by atoms with Gasteiger partial charge in [0.15, 0.2) is 5.84 Å². The third-order valence-corrected chi connectivity index (χ3v) is 3.56. The van der Waals surface area contributed by atoms with Crippen LogP contribution in [0.15, 0.2) is 23.2 Å². The van der Waals surface area contributed by atoms with E-state index in [-0.39, 0.29) is 11.9 Å². The Morgan fingerprint density at radius 1 is 1.30 bits per heavy atom. The zero-order valence-corrected chi connectivity index (χ0v) is 12.3. The molecule has 1 aliphatic heterocycles. The molecule has 0 saturated carbocycles. The number of hydrogen-bond donors (Lipinski definition) is 2. The van der Waals surface area contributed by atoms with Crippen molar-refractivity contribution in [2.45, 2.75) is 52.1 Å². The summed E-state index contributed by atoms with van der Waals surface area (Å²) in [5.41, 5.74) is 7.34. The summed E-state index contributed by atoms with van der Waals surface area (Å²) in [7, 11) is 0. The first-order chi connectivity index (χ1) is 9.63. The van der Waals surface area contributed by atoms with E-state index in [4.69, 9.17) is 15.9 Å². The lowest BCUT2D eigenvalue weighted by atomic mass is 10.1. The number of nitrogens with one attached hydrogen (secondary N) is 1. The number of nitrogens with zero attached hydrogens (tertiary/aromatic N) is 1. The minimum absolute atomic E-state index is 0.146. The fraction of sp³-hybridized carbons (Fsp3) is 0.500. The number of fused-ring (bicyclic) bond motifs is 1. The van der Waals surface area contributed by atoms with Crippen LogP contribution in [0.1, 0.15) is 57.1 Å². The second kappa shape index (κ2) is 6.55. The molecule has 4 nitrogen and oxygen atoms in total. The Morgan fingerprint density at radius 2 is 2.10 bits per heavy atom. The quantitative estimate of drug-likeness (QED) is 0.747. The van der Waals surface area contributed by atoms with E-state index >= 15 is 0 Å². The Bertz CT molecular complexity index is 522. The van der Waals surface area contributed by atoms with Gasteiger partial charge < -0.3 is 10.5 Å². The van der Waals surface area contributed by atoms with E-state index in [1.54, 1.807) is 0 Å². The maximum Gasteiger partial charge on any atom is 0.158 e. The zero-order chi connectivity index (χ0) is 14.5. The molecule has 0 amide bonds. The fourth-order valence-corrected chi connectivity index (χ4v) is 2.46. The monoisotopic (exact) mass is 273 g/mol. The lowest BCUT2D eigenvalue weighted by Gasteiger charge is -2.17. The molecule has 108 valence electrons. The average molecular weight is 273 g/mol. The smallest absolute Gasteiger partial charge is 0.158 e. The first-order valence-electron chi connectivity index (χ1n) is 7.36. The summed E-state index contributed by atoms with van der Waals surface area (Å²) in [4.78, 5) is 4.01. The van der Waals surface area contributed by atoms with Gasteiger partial charge in [-0.2, -0.15) is 0 Å². The predicted molar refractivity (Wildman–Crippen MR) is 82.8 cm³/mol. The summed E-state index contributed by atoms with van der Waals surface area (Å²) >= 11 is 0. The van der Waals surface area contributed by atoms with Crippen molar-refractivity contribution in [2.24, 2.45) is 10.7 Å². The first kappa shape index (κ1) is 14.6. The maximum atomic E-state index is 7.89. The molecule has 1 unspecified atom stereocenters. The molecule has 1 heterocycles. The molecule has 0 saturated heterocycles. The van der Waals surface area contributed by atoms with Crippen molar-refractivity contribution in [2.75, 3.05) is 0 Å². The minimum Gasteiger partial charge on any atom is -0.490 e. The summed E-state index contributed by atoms with van der Waals surface area (Å²) in [6.45, 7) is 4.29. The summed E-state index contributed by atoms with van der Waals surface area (Å²) < 4.78 is 5.99. The van der Waals surface area contributed by atoms with Gasteiger partial charge in [-0.3, -0.25) is 5.41 Å². The summed E-state index contributed by atoms with van der Waals surface area (Å²) in [6.07, 6.45) is 6.14. The molecule has 0 aliphatic carbocycles. The number of unbranched alkanes of at least 4 members (excludes halogenated alkanes) is 3. The molecule has 1 aromatic carbocycles. The molecule has 1 atom stereocenters. The number of nitrogens with two attached hydrogens (primary N) is 1. The highest BCUT2D eigenvalue weighted by Crippen LogP contribution is 2.28. The lowest BCUT2D eigenvalue weighted by Crippen LogP contribution is -2.15. The molecule has 0 aromatic heterocycles. The van der Waals surface area contributed by atoms with Crippen LogP contribution in [0.5, 0.6) is 5.75 Å². The van der Waals surface area contributed by atoms with Crippen molar-refractivity contribution in [3.8, 4) is 5.75 Å². The molecule has 0 bridgehead atoms. The van der Waals surface area contributed by atoms with E-state index in [0.29, 0.717) is 5.84 Å². The Hall–Kier alpha value is -1.84. The van der Waals surface area contributed by atoms with Crippen LogP contribution in [-0.2, 0) is 0 Å². The van der Waals surface area contributed by atoms with Crippen molar-refractivity contribution in [1.82, 2.24) is 0 Å². The van der Waals surface area contributed by atoms with E-state index in [9.17, 15) is 0 Å². The van der Waals surface area contributed by atoms with Crippen LogP contribution in [0.4, 0.5) is 0 Å². The van der Waals surface area contributed by atoms with Crippen LogP contribution >= 0.6 is 0 Å². The van der Waals surface area contributed by atoms with Crippen LogP contribution in [0.3, 0.4) is 0 Å². The highest BCUT2D eigenvalue weighted by Gasteiger charge is 2.23. The predicted octanol–water partition coefficient (Wildman–Crippen LogP) is 3.47. The second-order valence-electron chi connectivity index (χ2n) is 5.30. The van der Waals surface area contributed by atoms with Crippen molar-refractivity contribution in [1.29, 1.82) is 5.41 Å². The molecule has 4 heteroatoms. The van der Waals surface area contributed by atoms with Gasteiger partial charge in [-0.15, -0.1) is 0 Å². The normalized spacial score (nSPS) is 14.9. The van der Waals surface area contributed by atoms with Gasteiger partial charge in [0.05, 0.1) is 11.7 Å². The second-order valence-corrected chi connectivity index (χ2v) is 5.30. The zero-order valence-electron chi connectivity index (χ0n) is 12.3. The molecular weight excluding hydrogens is 250 g/mol. The highest BCUT2D eigenvalue weighted by atomic mass is 16.5. The summed E-state index contributed by atoms with van der Waals surface area (Å²) in [5.74, 6) is 1.33. The summed E-state index contributed by atoms with van der Waals surface area (Å²) in [6, 6.07) is 5.68. The van der Waals surface area contributed by atoms with E-state index in [1.165, 1.54) is 25.7 Å². The number of amidine groups is 2. The van der Waals surface area contributed by atoms with E-state index in [2.05, 4.69) is 18.8 Å². The third-order valence-electron chi connectivity index (χ3n) is 3.56. The van der Waals surface area contributed by atoms with Crippen LogP contribution in [0.2, 0.25) is 0 Å². The van der Waals surface area contributed by atoms with Crippen molar-refractivity contribution < 1.29 is 4.74 Å².